The topological polar surface area (TPSA) is 41.6 Å². The van der Waals surface area contributed by atoms with Crippen molar-refractivity contribution in [2.24, 2.45) is 0 Å². The normalized spacial score (nSPS) is 10.9. The number of carbonyl (C=O) groups is 1. The highest BCUT2D eigenvalue weighted by molar-refractivity contribution is 6.31. The van der Waals surface area contributed by atoms with Gasteiger partial charge in [0.1, 0.15) is 5.82 Å². The van der Waals surface area contributed by atoms with Crippen molar-refractivity contribution in [2.45, 2.75) is 13.5 Å². The lowest BCUT2D eigenvalue weighted by Crippen LogP contribution is -2.35. The van der Waals surface area contributed by atoms with Crippen molar-refractivity contribution in [1.29, 1.82) is 0 Å². The molecule has 0 aliphatic rings. The SMILES string of the molecule is COCCN(CC(=O)Nc1cccc(F)c1C)Cc1ccccc1Cl. The third-order valence-electron chi connectivity index (χ3n) is 3.87. The van der Waals surface area contributed by atoms with Gasteiger partial charge in [0.25, 0.3) is 0 Å². The smallest absolute Gasteiger partial charge is 0.238 e. The van der Waals surface area contributed by atoms with Gasteiger partial charge in [-0.15, -0.1) is 0 Å². The van der Waals surface area contributed by atoms with E-state index in [1.165, 1.54) is 6.07 Å². The van der Waals surface area contributed by atoms with Gasteiger partial charge in [0.05, 0.1) is 13.2 Å². The first kappa shape index (κ1) is 19.4. The Hall–Kier alpha value is -1.95. The summed E-state index contributed by atoms with van der Waals surface area (Å²) >= 11 is 6.21. The van der Waals surface area contributed by atoms with Gasteiger partial charge in [-0.2, -0.15) is 0 Å². The number of ether oxygens (including phenoxy) is 1. The van der Waals surface area contributed by atoms with Gasteiger partial charge in [0, 0.05) is 36.5 Å². The second-order valence-corrected chi connectivity index (χ2v) is 6.16. The molecule has 1 N–H and O–H groups in total. The van der Waals surface area contributed by atoms with E-state index in [9.17, 15) is 9.18 Å². The lowest BCUT2D eigenvalue weighted by molar-refractivity contribution is -0.117. The molecule has 0 aromatic heterocycles. The van der Waals surface area contributed by atoms with Gasteiger partial charge in [0.15, 0.2) is 0 Å². The Labute approximate surface area is 152 Å². The first-order valence-corrected chi connectivity index (χ1v) is 8.38. The number of halogens is 2. The highest BCUT2D eigenvalue weighted by Crippen LogP contribution is 2.19. The van der Waals surface area contributed by atoms with Gasteiger partial charge < -0.3 is 10.1 Å². The molecule has 0 bridgehead atoms. The monoisotopic (exact) mass is 364 g/mol. The van der Waals surface area contributed by atoms with Gasteiger partial charge in [-0.3, -0.25) is 9.69 Å². The summed E-state index contributed by atoms with van der Waals surface area (Å²) in [5.41, 5.74) is 1.84. The molecule has 0 saturated carbocycles. The Bertz CT molecular complexity index is 724. The number of rotatable bonds is 8. The third kappa shape index (κ3) is 5.81. The fourth-order valence-electron chi connectivity index (χ4n) is 2.44. The molecule has 0 aliphatic heterocycles. The summed E-state index contributed by atoms with van der Waals surface area (Å²) in [5.74, 6) is -0.554. The maximum Gasteiger partial charge on any atom is 0.238 e. The van der Waals surface area contributed by atoms with Gasteiger partial charge >= 0.3 is 0 Å². The number of amides is 1. The molecule has 0 radical (unpaired) electrons. The van der Waals surface area contributed by atoms with Gasteiger partial charge in [-0.25, -0.2) is 4.39 Å². The van der Waals surface area contributed by atoms with Crippen LogP contribution in [-0.2, 0) is 16.1 Å². The van der Waals surface area contributed by atoms with Gasteiger partial charge in [-0.1, -0.05) is 35.9 Å². The molecular weight excluding hydrogens is 343 g/mol. The zero-order valence-corrected chi connectivity index (χ0v) is 15.1. The second-order valence-electron chi connectivity index (χ2n) is 5.76. The van der Waals surface area contributed by atoms with Crippen LogP contribution in [0.5, 0.6) is 0 Å². The van der Waals surface area contributed by atoms with E-state index < -0.39 is 0 Å². The number of carbonyl (C=O) groups excluding carboxylic acids is 1. The molecule has 0 unspecified atom stereocenters. The highest BCUT2D eigenvalue weighted by Gasteiger charge is 2.14. The van der Waals surface area contributed by atoms with Crippen LogP contribution in [0.3, 0.4) is 0 Å². The van der Waals surface area contributed by atoms with Crippen LogP contribution in [0, 0.1) is 12.7 Å². The molecule has 134 valence electrons. The average Bonchev–Trinajstić information content (AvgIpc) is 2.59. The van der Waals surface area contributed by atoms with Crippen LogP contribution in [0.1, 0.15) is 11.1 Å². The number of hydrogen-bond donors (Lipinski definition) is 1. The molecule has 0 heterocycles. The van der Waals surface area contributed by atoms with E-state index in [1.54, 1.807) is 26.2 Å². The van der Waals surface area contributed by atoms with Gasteiger partial charge in [-0.05, 0) is 30.7 Å². The summed E-state index contributed by atoms with van der Waals surface area (Å²) in [7, 11) is 1.61. The molecule has 2 rings (SSSR count). The summed E-state index contributed by atoms with van der Waals surface area (Å²) in [4.78, 5) is 14.3. The number of methoxy groups -OCH3 is 1. The molecule has 4 nitrogen and oxygen atoms in total. The Morgan fingerprint density at radius 1 is 1.24 bits per heavy atom. The van der Waals surface area contributed by atoms with Crippen LogP contribution in [0.2, 0.25) is 5.02 Å². The van der Waals surface area contributed by atoms with Crippen LogP contribution in [0.4, 0.5) is 10.1 Å². The summed E-state index contributed by atoms with van der Waals surface area (Å²) in [6, 6.07) is 12.1. The first-order chi connectivity index (χ1) is 12.0. The Kier molecular flexibility index (Phi) is 7.37. The quantitative estimate of drug-likeness (QED) is 0.773. The molecule has 0 atom stereocenters. The number of hydrogen-bond acceptors (Lipinski definition) is 3. The van der Waals surface area contributed by atoms with E-state index in [0.717, 1.165) is 5.56 Å². The minimum Gasteiger partial charge on any atom is -0.383 e. The minimum atomic E-state index is -0.342. The molecule has 6 heteroatoms. The summed E-state index contributed by atoms with van der Waals surface area (Å²) < 4.78 is 18.7. The maximum atomic E-state index is 13.6. The summed E-state index contributed by atoms with van der Waals surface area (Å²) in [5, 5.41) is 3.42. The fourth-order valence-corrected chi connectivity index (χ4v) is 2.63. The molecule has 0 saturated heterocycles. The van der Waals surface area contributed by atoms with E-state index in [0.29, 0.717) is 36.0 Å². The highest BCUT2D eigenvalue weighted by atomic mass is 35.5. The number of nitrogens with zero attached hydrogens (tertiary/aromatic N) is 1. The molecule has 25 heavy (non-hydrogen) atoms. The Morgan fingerprint density at radius 3 is 2.72 bits per heavy atom. The molecule has 0 fully saturated rings. The zero-order valence-electron chi connectivity index (χ0n) is 14.4. The maximum absolute atomic E-state index is 13.6. The number of benzene rings is 2. The van der Waals surface area contributed by atoms with Crippen molar-refractivity contribution in [2.75, 3.05) is 32.1 Å². The molecule has 2 aromatic rings. The largest absolute Gasteiger partial charge is 0.383 e. The van der Waals surface area contributed by atoms with Crippen molar-refractivity contribution in [1.82, 2.24) is 4.90 Å². The number of nitrogens with one attached hydrogen (secondary N) is 1. The van der Waals surface area contributed by atoms with Crippen LogP contribution in [-0.4, -0.2) is 37.6 Å². The molecule has 1 amide bonds. The average molecular weight is 365 g/mol. The van der Waals surface area contributed by atoms with E-state index in [1.807, 2.05) is 29.2 Å². The Morgan fingerprint density at radius 2 is 2.00 bits per heavy atom. The Balaban J connectivity index is 2.04. The van der Waals surface area contributed by atoms with E-state index in [-0.39, 0.29) is 18.3 Å². The summed E-state index contributed by atoms with van der Waals surface area (Å²) in [6.07, 6.45) is 0. The van der Waals surface area contributed by atoms with Gasteiger partial charge in [0.2, 0.25) is 5.91 Å². The standard InChI is InChI=1S/C19H22ClFN2O2/c1-14-17(21)8-5-9-18(14)22-19(24)13-23(10-11-25-2)12-15-6-3-4-7-16(15)20/h3-9H,10-13H2,1-2H3,(H,22,24). The predicted molar refractivity (Wildman–Crippen MR) is 98.4 cm³/mol. The molecule has 0 spiro atoms. The van der Waals surface area contributed by atoms with Crippen LogP contribution >= 0.6 is 11.6 Å². The van der Waals surface area contributed by atoms with E-state index in [2.05, 4.69) is 5.32 Å². The second kappa shape index (κ2) is 9.51. The molecule has 0 aliphatic carbocycles. The predicted octanol–water partition coefficient (Wildman–Crippen LogP) is 3.87. The third-order valence-corrected chi connectivity index (χ3v) is 4.24. The van der Waals surface area contributed by atoms with Crippen LogP contribution in [0.15, 0.2) is 42.5 Å². The van der Waals surface area contributed by atoms with E-state index in [4.69, 9.17) is 16.3 Å². The summed E-state index contributed by atoms with van der Waals surface area (Å²) in [6.45, 7) is 3.40. The van der Waals surface area contributed by atoms with Crippen LogP contribution in [0.25, 0.3) is 0 Å². The van der Waals surface area contributed by atoms with Crippen molar-refractivity contribution >= 4 is 23.2 Å². The number of anilines is 1. The van der Waals surface area contributed by atoms with Crippen molar-refractivity contribution in [3.05, 3.63) is 64.4 Å². The van der Waals surface area contributed by atoms with Crippen molar-refractivity contribution < 1.29 is 13.9 Å². The van der Waals surface area contributed by atoms with E-state index >= 15 is 0 Å². The van der Waals surface area contributed by atoms with Crippen molar-refractivity contribution in [3.63, 3.8) is 0 Å². The van der Waals surface area contributed by atoms with Crippen molar-refractivity contribution in [3.8, 4) is 0 Å². The molecule has 2 aromatic carbocycles. The lowest BCUT2D eigenvalue weighted by atomic mass is 10.2. The van der Waals surface area contributed by atoms with Crippen LogP contribution < -0.4 is 5.32 Å². The first-order valence-electron chi connectivity index (χ1n) is 8.01. The minimum absolute atomic E-state index is 0.157. The zero-order chi connectivity index (χ0) is 18.2. The fraction of sp³-hybridized carbons (Fsp3) is 0.316. The molecular formula is C19H22ClFN2O2. The lowest BCUT2D eigenvalue weighted by Gasteiger charge is -2.22.